The van der Waals surface area contributed by atoms with Crippen LogP contribution in [0.2, 0.25) is 0 Å². The van der Waals surface area contributed by atoms with Gasteiger partial charge in [-0.15, -0.1) is 0 Å². The Morgan fingerprint density at radius 3 is 0.830 bits per heavy atom. The van der Waals surface area contributed by atoms with Crippen LogP contribution in [-0.2, 0) is 0 Å². The maximum Gasteiger partial charge on any atom is 0.0462 e. The molecule has 0 spiro atoms. The number of para-hydroxylation sites is 4. The van der Waals surface area contributed by atoms with Crippen molar-refractivity contribution >= 4 is 34.1 Å². The van der Waals surface area contributed by atoms with Gasteiger partial charge >= 0.3 is 0 Å². The van der Waals surface area contributed by atoms with Crippen molar-refractivity contribution in [2.45, 2.75) is 20.8 Å². The molecular formula is C45H38N2. The Labute approximate surface area is 278 Å². The van der Waals surface area contributed by atoms with E-state index in [2.05, 4.69) is 206 Å². The third-order valence-corrected chi connectivity index (χ3v) is 8.86. The van der Waals surface area contributed by atoms with E-state index in [9.17, 15) is 0 Å². The highest BCUT2D eigenvalue weighted by Crippen LogP contribution is 2.41. The molecule has 0 saturated heterocycles. The highest BCUT2D eigenvalue weighted by Gasteiger charge is 2.18. The van der Waals surface area contributed by atoms with Gasteiger partial charge < -0.3 is 9.80 Å². The molecule has 0 atom stereocenters. The fourth-order valence-electron chi connectivity index (χ4n) is 6.83. The molecule has 2 heteroatoms. The highest BCUT2D eigenvalue weighted by molar-refractivity contribution is 5.86. The summed E-state index contributed by atoms with van der Waals surface area (Å²) in [6, 6.07) is 62.6. The van der Waals surface area contributed by atoms with E-state index in [-0.39, 0.29) is 0 Å². The summed E-state index contributed by atoms with van der Waals surface area (Å²) in [6.07, 6.45) is 0. The predicted octanol–water partition coefficient (Wildman–Crippen LogP) is 12.9. The third-order valence-electron chi connectivity index (χ3n) is 8.86. The van der Waals surface area contributed by atoms with E-state index < -0.39 is 0 Å². The van der Waals surface area contributed by atoms with Crippen LogP contribution in [0.4, 0.5) is 34.1 Å². The Kier molecular flexibility index (Phi) is 8.41. The number of aryl methyl sites for hydroxylation is 2. The molecule has 0 aliphatic carbocycles. The summed E-state index contributed by atoms with van der Waals surface area (Å²) in [5, 5.41) is 0. The fraction of sp³-hybridized carbons (Fsp3) is 0.0667. The van der Waals surface area contributed by atoms with Gasteiger partial charge in [0.1, 0.15) is 0 Å². The van der Waals surface area contributed by atoms with E-state index >= 15 is 0 Å². The predicted molar refractivity (Wildman–Crippen MR) is 201 cm³/mol. The average Bonchev–Trinajstić information content (AvgIpc) is 3.11. The van der Waals surface area contributed by atoms with Crippen molar-refractivity contribution in [1.82, 2.24) is 0 Å². The van der Waals surface area contributed by atoms with Crippen LogP contribution in [0.1, 0.15) is 16.7 Å². The van der Waals surface area contributed by atoms with Gasteiger partial charge in [0, 0.05) is 34.1 Å². The van der Waals surface area contributed by atoms with Crippen LogP contribution in [-0.4, -0.2) is 0 Å². The third kappa shape index (κ3) is 6.06. The molecule has 0 fully saturated rings. The number of hydrogen-bond donors (Lipinski definition) is 0. The molecule has 2 nitrogen and oxygen atoms in total. The van der Waals surface area contributed by atoms with Crippen LogP contribution in [0, 0.1) is 20.8 Å². The molecule has 0 amide bonds. The van der Waals surface area contributed by atoms with Gasteiger partial charge in [0.05, 0.1) is 0 Å². The lowest BCUT2D eigenvalue weighted by atomic mass is 9.86. The summed E-state index contributed by atoms with van der Waals surface area (Å²) in [5.41, 5.74) is 15.7. The van der Waals surface area contributed by atoms with Crippen molar-refractivity contribution in [2.75, 3.05) is 9.80 Å². The molecule has 7 aromatic rings. The first kappa shape index (κ1) is 29.8. The van der Waals surface area contributed by atoms with Crippen molar-refractivity contribution in [3.63, 3.8) is 0 Å². The van der Waals surface area contributed by atoms with Gasteiger partial charge in [0.25, 0.3) is 0 Å². The molecule has 0 heterocycles. The maximum atomic E-state index is 2.33. The van der Waals surface area contributed by atoms with Crippen LogP contribution in [0.15, 0.2) is 176 Å². The zero-order chi connectivity index (χ0) is 32.2. The van der Waals surface area contributed by atoms with Gasteiger partial charge in [-0.05, 0) is 133 Å². The highest BCUT2D eigenvalue weighted by atomic mass is 15.1. The van der Waals surface area contributed by atoms with Crippen molar-refractivity contribution < 1.29 is 0 Å². The second-order valence-corrected chi connectivity index (χ2v) is 12.0. The van der Waals surface area contributed by atoms with E-state index in [1.54, 1.807) is 0 Å². The molecule has 0 bridgehead atoms. The maximum absolute atomic E-state index is 2.33. The molecular weight excluding hydrogens is 569 g/mol. The topological polar surface area (TPSA) is 6.48 Å². The molecule has 0 aliphatic rings. The smallest absolute Gasteiger partial charge is 0.0462 e. The molecule has 7 aromatic carbocycles. The van der Waals surface area contributed by atoms with Crippen LogP contribution >= 0.6 is 0 Å². The summed E-state index contributed by atoms with van der Waals surface area (Å²) in [6.45, 7) is 6.73. The molecule has 7 rings (SSSR count). The standard InChI is InChI=1S/C45H38N2/c1-33-32-34(2)45(37-26-30-43(31-27-37)47(40-20-12-6-13-21-40)41-22-14-7-15-23-41)35(3)44(33)36-24-28-42(29-25-36)46(38-16-8-4-9-17-38)39-18-10-5-11-19-39/h4-32H,1-3H3. The Morgan fingerprint density at radius 1 is 0.298 bits per heavy atom. The number of hydrogen-bond acceptors (Lipinski definition) is 2. The molecule has 0 saturated carbocycles. The van der Waals surface area contributed by atoms with E-state index in [1.807, 2.05) is 0 Å². The first-order valence-corrected chi connectivity index (χ1v) is 16.2. The summed E-state index contributed by atoms with van der Waals surface area (Å²) in [4.78, 5) is 4.61. The van der Waals surface area contributed by atoms with Crippen LogP contribution in [0.5, 0.6) is 0 Å². The first-order chi connectivity index (χ1) is 23.1. The van der Waals surface area contributed by atoms with Crippen LogP contribution < -0.4 is 9.80 Å². The summed E-state index contributed by atoms with van der Waals surface area (Å²) in [5.74, 6) is 0. The molecule has 0 radical (unpaired) electrons. The lowest BCUT2D eigenvalue weighted by molar-refractivity contribution is 1.27. The summed E-state index contributed by atoms with van der Waals surface area (Å²) < 4.78 is 0. The van der Waals surface area contributed by atoms with Gasteiger partial charge in [0.2, 0.25) is 0 Å². The zero-order valence-electron chi connectivity index (χ0n) is 27.1. The zero-order valence-corrected chi connectivity index (χ0v) is 27.1. The minimum atomic E-state index is 1.13. The normalized spacial score (nSPS) is 10.9. The Bertz CT molecular complexity index is 1840. The van der Waals surface area contributed by atoms with Crippen molar-refractivity contribution in [2.24, 2.45) is 0 Å². The Hall–Kier alpha value is -5.86. The van der Waals surface area contributed by atoms with Gasteiger partial charge in [0.15, 0.2) is 0 Å². The Morgan fingerprint density at radius 2 is 0.553 bits per heavy atom. The largest absolute Gasteiger partial charge is 0.311 e. The number of rotatable bonds is 8. The molecule has 228 valence electrons. The second kappa shape index (κ2) is 13.2. The van der Waals surface area contributed by atoms with Gasteiger partial charge in [-0.1, -0.05) is 103 Å². The van der Waals surface area contributed by atoms with E-state index in [0.29, 0.717) is 0 Å². The minimum Gasteiger partial charge on any atom is -0.311 e. The quantitative estimate of drug-likeness (QED) is 0.170. The Balaban J connectivity index is 1.25. The van der Waals surface area contributed by atoms with Crippen molar-refractivity contribution in [3.05, 3.63) is 193 Å². The van der Waals surface area contributed by atoms with Crippen LogP contribution in [0.3, 0.4) is 0 Å². The van der Waals surface area contributed by atoms with Gasteiger partial charge in [-0.2, -0.15) is 0 Å². The lowest BCUT2D eigenvalue weighted by Crippen LogP contribution is -2.09. The lowest BCUT2D eigenvalue weighted by Gasteiger charge is -2.26. The molecule has 0 aromatic heterocycles. The molecule has 0 unspecified atom stereocenters. The average molecular weight is 607 g/mol. The van der Waals surface area contributed by atoms with Gasteiger partial charge in [-0.25, -0.2) is 0 Å². The van der Waals surface area contributed by atoms with Crippen molar-refractivity contribution in [1.29, 1.82) is 0 Å². The number of nitrogens with zero attached hydrogens (tertiary/aromatic N) is 2. The molecule has 0 N–H and O–H groups in total. The fourth-order valence-corrected chi connectivity index (χ4v) is 6.83. The molecule has 0 aliphatic heterocycles. The number of anilines is 6. The molecule has 47 heavy (non-hydrogen) atoms. The monoisotopic (exact) mass is 606 g/mol. The summed E-state index contributed by atoms with van der Waals surface area (Å²) >= 11 is 0. The SMILES string of the molecule is Cc1cc(C)c(-c2ccc(N(c3ccccc3)c3ccccc3)cc2)c(C)c1-c1ccc(N(c2ccccc2)c2ccccc2)cc1. The summed E-state index contributed by atoms with van der Waals surface area (Å²) in [7, 11) is 0. The van der Waals surface area contributed by atoms with Crippen LogP contribution in [0.25, 0.3) is 22.3 Å². The van der Waals surface area contributed by atoms with E-state index in [4.69, 9.17) is 0 Å². The number of benzene rings is 7. The van der Waals surface area contributed by atoms with Crippen molar-refractivity contribution in [3.8, 4) is 22.3 Å². The minimum absolute atomic E-state index is 1.13. The van der Waals surface area contributed by atoms with Gasteiger partial charge in [-0.3, -0.25) is 0 Å². The van der Waals surface area contributed by atoms with E-state index in [1.165, 1.54) is 38.9 Å². The second-order valence-electron chi connectivity index (χ2n) is 12.0. The van der Waals surface area contributed by atoms with E-state index in [0.717, 1.165) is 34.1 Å². The first-order valence-electron chi connectivity index (χ1n) is 16.2.